The van der Waals surface area contributed by atoms with Crippen LogP contribution in [0.25, 0.3) is 5.65 Å². The highest BCUT2D eigenvalue weighted by molar-refractivity contribution is 8.01. The number of carbonyl (C=O) groups is 4. The molecule has 0 aromatic carbocycles. The van der Waals surface area contributed by atoms with Crippen LogP contribution < -0.4 is 26.4 Å². The van der Waals surface area contributed by atoms with Crippen LogP contribution in [-0.2, 0) is 31.1 Å². The minimum absolute atomic E-state index is 0.0124. The third-order valence-electron chi connectivity index (χ3n) is 6.95. The molecule has 3 aromatic rings. The number of carbonyl (C=O) groups excluding carboxylic acids is 3. The monoisotopic (exact) mass is 662 g/mol. The quantitative estimate of drug-likeness (QED) is 0.0448. The molecule has 6 N–H and O–H groups in total. The molecule has 20 heteroatoms. The van der Waals surface area contributed by atoms with E-state index in [-0.39, 0.29) is 40.3 Å². The Morgan fingerprint density at radius 3 is 2.75 bits per heavy atom. The first-order valence-electron chi connectivity index (χ1n) is 12.9. The number of fused-ring (bicyclic) bond motifs is 2. The molecule has 17 nitrogen and oxygen atoms in total. The van der Waals surface area contributed by atoms with Gasteiger partial charge in [-0.25, -0.2) is 14.3 Å². The second kappa shape index (κ2) is 11.9. The molecule has 5 heterocycles. The van der Waals surface area contributed by atoms with E-state index in [1.54, 1.807) is 35.4 Å². The van der Waals surface area contributed by atoms with Gasteiger partial charge in [-0.05, 0) is 30.7 Å². The number of aliphatic carboxylic acids is 2. The predicted molar refractivity (Wildman–Crippen MR) is 157 cm³/mol. The molecule has 0 spiro atoms. The maximum Gasteiger partial charge on any atom is 0.350 e. The molecule has 1 saturated heterocycles. The second-order valence-corrected chi connectivity index (χ2v) is 12.8. The fourth-order valence-electron chi connectivity index (χ4n) is 4.27. The van der Waals surface area contributed by atoms with Crippen LogP contribution >= 0.6 is 34.9 Å². The number of anilines is 2. The van der Waals surface area contributed by atoms with Crippen molar-refractivity contribution in [2.45, 2.75) is 42.4 Å². The van der Waals surface area contributed by atoms with Gasteiger partial charge in [0.2, 0.25) is 11.4 Å². The zero-order chi connectivity index (χ0) is 31.9. The van der Waals surface area contributed by atoms with E-state index in [1.165, 1.54) is 35.8 Å². The van der Waals surface area contributed by atoms with Crippen molar-refractivity contribution in [3.63, 3.8) is 0 Å². The van der Waals surface area contributed by atoms with Gasteiger partial charge in [0.15, 0.2) is 17.2 Å². The normalized spacial score (nSPS) is 19.8. The summed E-state index contributed by atoms with van der Waals surface area (Å²) < 4.78 is 3.32. The number of carboxylic acids is 2. The molecular formula is C24H26N10O7S3. The lowest BCUT2D eigenvalue weighted by atomic mass is 10.0. The van der Waals surface area contributed by atoms with Crippen LogP contribution in [0.15, 0.2) is 39.4 Å². The molecule has 2 unspecified atom stereocenters. The summed E-state index contributed by atoms with van der Waals surface area (Å²) in [5, 5.41) is 33.6. The molecule has 0 saturated carbocycles. The van der Waals surface area contributed by atoms with Gasteiger partial charge in [0.1, 0.15) is 17.1 Å². The van der Waals surface area contributed by atoms with Crippen LogP contribution in [0, 0.1) is 0 Å². The topological polar surface area (TPSA) is 248 Å². The number of amides is 2. The van der Waals surface area contributed by atoms with Gasteiger partial charge in [0.05, 0.1) is 24.8 Å². The lowest BCUT2D eigenvalue weighted by Crippen LogP contribution is -2.71. The van der Waals surface area contributed by atoms with E-state index in [0.29, 0.717) is 16.4 Å². The number of thiazole rings is 1. The Hall–Kier alpha value is -4.43. The van der Waals surface area contributed by atoms with Gasteiger partial charge in [-0.15, -0.1) is 23.1 Å². The number of nitrogens with one attached hydrogen (secondary N) is 1. The molecular weight excluding hydrogens is 637 g/mol. The number of nitrogens with zero attached hydrogens (tertiary/aromatic N) is 7. The van der Waals surface area contributed by atoms with Gasteiger partial charge in [-0.2, -0.15) is 0 Å². The van der Waals surface area contributed by atoms with Crippen LogP contribution in [0.1, 0.15) is 26.0 Å². The number of aromatic nitrogens is 5. The smallest absolute Gasteiger partial charge is 0.350 e. The molecule has 232 valence electrons. The number of nitrogens with two attached hydrogens (primary N) is 2. The second-order valence-electron chi connectivity index (χ2n) is 9.86. The maximum absolute atomic E-state index is 13.3. The van der Waals surface area contributed by atoms with E-state index < -0.39 is 46.5 Å². The van der Waals surface area contributed by atoms with Crippen molar-refractivity contribution in [3.05, 3.63) is 34.7 Å². The highest BCUT2D eigenvalue weighted by Crippen LogP contribution is 2.41. The number of hydrogen-bond acceptors (Lipinski definition) is 15. The van der Waals surface area contributed by atoms with E-state index >= 15 is 0 Å². The summed E-state index contributed by atoms with van der Waals surface area (Å²) in [6.45, 7) is 2.87. The first-order valence-corrected chi connectivity index (χ1v) is 15.8. The Morgan fingerprint density at radius 2 is 2.11 bits per heavy atom. The molecule has 5 rings (SSSR count). The minimum Gasteiger partial charge on any atom is -0.543 e. The zero-order valence-corrected chi connectivity index (χ0v) is 25.9. The minimum atomic E-state index is -1.74. The van der Waals surface area contributed by atoms with Crippen molar-refractivity contribution < 1.29 is 38.7 Å². The Balaban J connectivity index is 1.35. The van der Waals surface area contributed by atoms with Crippen molar-refractivity contribution in [1.29, 1.82) is 0 Å². The molecule has 0 radical (unpaired) electrons. The van der Waals surface area contributed by atoms with Crippen LogP contribution in [0.4, 0.5) is 10.9 Å². The predicted octanol–water partition coefficient (Wildman–Crippen LogP) is -1.66. The molecule has 2 aliphatic heterocycles. The highest BCUT2D eigenvalue weighted by Gasteiger charge is 2.53. The fourth-order valence-corrected chi connectivity index (χ4v) is 7.27. The number of β-lactam (4-membered cyclic amide) rings is 1. The largest absolute Gasteiger partial charge is 0.543 e. The first-order chi connectivity index (χ1) is 20.8. The van der Waals surface area contributed by atoms with Crippen molar-refractivity contribution >= 4 is 80.9 Å². The van der Waals surface area contributed by atoms with Gasteiger partial charge in [0.25, 0.3) is 17.5 Å². The number of thioether (sulfide) groups is 2. The SMILES string of the molecule is CCC(C)(O/N=C(\C(=O)NC1C(=O)N2C(C(=O)[O-])=C(CSc3nc(N)cc4n(C)cn[n+]34)CS[C@@H]12)c1csc(N)n1)C(=O)O. The van der Waals surface area contributed by atoms with Gasteiger partial charge < -0.3 is 36.6 Å². The fraction of sp³-hybridized carbons (Fsp3) is 0.375. The van der Waals surface area contributed by atoms with Crippen molar-refractivity contribution in [1.82, 2.24) is 29.9 Å². The maximum atomic E-state index is 13.3. The number of carboxylic acid groups (broad SMARTS) is 2. The average molecular weight is 663 g/mol. The zero-order valence-electron chi connectivity index (χ0n) is 23.4. The Bertz CT molecular complexity index is 1750. The third kappa shape index (κ3) is 5.62. The van der Waals surface area contributed by atoms with Crippen LogP contribution in [0.5, 0.6) is 0 Å². The van der Waals surface area contributed by atoms with Crippen LogP contribution in [0.3, 0.4) is 0 Å². The average Bonchev–Trinajstić information content (AvgIpc) is 3.58. The molecule has 3 atom stereocenters. The number of aryl methyl sites for hydroxylation is 1. The van der Waals surface area contributed by atoms with E-state index in [0.717, 1.165) is 16.2 Å². The first kappa shape index (κ1) is 31.0. The summed E-state index contributed by atoms with van der Waals surface area (Å²) in [6.07, 6.45) is 1.62. The van der Waals surface area contributed by atoms with Gasteiger partial charge in [-0.3, -0.25) is 14.5 Å². The summed E-state index contributed by atoms with van der Waals surface area (Å²) in [7, 11) is 1.79. The Kier molecular flexibility index (Phi) is 8.40. The molecule has 3 aromatic heterocycles. The van der Waals surface area contributed by atoms with E-state index in [9.17, 15) is 29.4 Å². The molecule has 44 heavy (non-hydrogen) atoms. The summed E-state index contributed by atoms with van der Waals surface area (Å²) in [5.41, 5.74) is 10.3. The van der Waals surface area contributed by atoms with Crippen LogP contribution in [0.2, 0.25) is 0 Å². The highest BCUT2D eigenvalue weighted by atomic mass is 32.2. The summed E-state index contributed by atoms with van der Waals surface area (Å²) in [6, 6.07) is 0.533. The van der Waals surface area contributed by atoms with E-state index in [4.69, 9.17) is 16.3 Å². The molecule has 0 aliphatic carbocycles. The summed E-state index contributed by atoms with van der Waals surface area (Å²) in [4.78, 5) is 65.1. The van der Waals surface area contributed by atoms with E-state index in [2.05, 4.69) is 25.5 Å². The van der Waals surface area contributed by atoms with Crippen molar-refractivity contribution in [2.24, 2.45) is 12.2 Å². The lowest BCUT2D eigenvalue weighted by molar-refractivity contribution is -0.622. The van der Waals surface area contributed by atoms with Gasteiger partial charge in [-0.1, -0.05) is 26.7 Å². The molecule has 2 aliphatic rings. The molecule has 2 amide bonds. The van der Waals surface area contributed by atoms with Crippen molar-refractivity contribution in [2.75, 3.05) is 23.0 Å². The number of nitrogen functional groups attached to an aromatic ring is 2. The van der Waals surface area contributed by atoms with E-state index in [1.807, 2.05) is 0 Å². The summed E-state index contributed by atoms with van der Waals surface area (Å²) in [5.74, 6) is -3.77. The standard InChI is InChI=1S/C24H26N10O7S3/c1-4-24(2,21(39)40)41-31-14(11-8-43-22(26)28-11)17(35)30-15-18(36)33-16(20(37)38)10(6-42-19(15)33)7-44-23-29-12(25)5-13-32(3)9-27-34(13)23/h5,8-9,15,19,25H,4,6-7H2,1-3H3,(H5,26,28,30,35,37,38,39,40)/b31-14-/t15?,19-,24?/m0/s1. The summed E-state index contributed by atoms with van der Waals surface area (Å²) >= 11 is 3.47. The number of rotatable bonds is 11. The lowest BCUT2D eigenvalue weighted by Gasteiger charge is -2.50. The van der Waals surface area contributed by atoms with Gasteiger partial charge >= 0.3 is 11.1 Å². The molecule has 0 bridgehead atoms. The Morgan fingerprint density at radius 1 is 1.36 bits per heavy atom. The van der Waals surface area contributed by atoms with Crippen molar-refractivity contribution in [3.8, 4) is 0 Å². The number of hydrogen-bond donors (Lipinski definition) is 4. The Labute approximate surface area is 261 Å². The number of oxime groups is 1. The molecule has 1 fully saturated rings. The third-order valence-corrected chi connectivity index (χ3v) is 9.98. The van der Waals surface area contributed by atoms with Gasteiger partial charge in [0, 0.05) is 16.9 Å². The van der Waals surface area contributed by atoms with Crippen LogP contribution in [-0.4, -0.2) is 87.6 Å².